The number of halogens is 1. The summed E-state index contributed by atoms with van der Waals surface area (Å²) in [5, 5.41) is 2.17. The van der Waals surface area contributed by atoms with Crippen molar-refractivity contribution < 1.29 is 13.9 Å². The average Bonchev–Trinajstić information content (AvgIpc) is 3.13. The van der Waals surface area contributed by atoms with Gasteiger partial charge >= 0.3 is 6.09 Å². The highest BCUT2D eigenvalue weighted by atomic mass is 32.3. The van der Waals surface area contributed by atoms with E-state index in [1.165, 1.54) is 0 Å². The number of aromatic nitrogens is 1. The Bertz CT molecular complexity index is 1120. The fraction of sp³-hybridized carbons (Fsp3) is 0.633. The number of benzene rings is 1. The van der Waals surface area contributed by atoms with Gasteiger partial charge in [0.2, 0.25) is 0 Å². The zero-order valence-corrected chi connectivity index (χ0v) is 25.1. The van der Waals surface area contributed by atoms with E-state index >= 15 is 4.39 Å². The molecule has 1 aromatic heterocycles. The van der Waals surface area contributed by atoms with Gasteiger partial charge in [0.25, 0.3) is 0 Å². The second kappa shape index (κ2) is 10.4. The van der Waals surface area contributed by atoms with Crippen molar-refractivity contribution in [3.05, 3.63) is 41.3 Å². The maximum atomic E-state index is 16.4. The normalized spacial score (nSPS) is 16.0. The van der Waals surface area contributed by atoms with Gasteiger partial charge in [-0.2, -0.15) is 10.2 Å². The molecule has 0 spiro atoms. The molecule has 1 amide bonds. The summed E-state index contributed by atoms with van der Waals surface area (Å²) >= 11 is 0. The molecule has 4 nitrogen and oxygen atoms in total. The highest BCUT2D eigenvalue weighted by Gasteiger charge is 2.38. The summed E-state index contributed by atoms with van der Waals surface area (Å²) in [6.45, 7) is 24.8. The Morgan fingerprint density at radius 3 is 2.03 bits per heavy atom. The summed E-state index contributed by atoms with van der Waals surface area (Å²) in [5.74, 6) is 0.0848. The van der Waals surface area contributed by atoms with Gasteiger partial charge in [-0.15, -0.1) is 0 Å². The smallest absolute Gasteiger partial charge is 0.410 e. The lowest BCUT2D eigenvalue weighted by Crippen LogP contribution is -2.39. The van der Waals surface area contributed by atoms with E-state index in [1.54, 1.807) is 4.90 Å². The summed E-state index contributed by atoms with van der Waals surface area (Å²) in [6, 6.07) is 4.09. The van der Waals surface area contributed by atoms with Crippen LogP contribution in [-0.2, 0) is 4.74 Å². The standard InChI is InChI=1S/C30H47FN2O2S/c1-19(2)25-18-33(36(20(3)4,21(5)6)22(7)8)26-13-12-24(28(31)27(25)26)23-14-16-32(17-15-23)29(34)35-30(9,10)11/h12-14,18-22H,15-17H2,1-11H3. The van der Waals surface area contributed by atoms with Crippen LogP contribution >= 0.6 is 10.2 Å². The Morgan fingerprint density at radius 1 is 1.00 bits per heavy atom. The zero-order valence-electron chi connectivity index (χ0n) is 24.2. The molecule has 0 saturated carbocycles. The van der Waals surface area contributed by atoms with Crippen molar-refractivity contribution in [1.29, 1.82) is 0 Å². The predicted octanol–water partition coefficient (Wildman–Crippen LogP) is 8.72. The van der Waals surface area contributed by atoms with E-state index in [0.717, 1.165) is 22.0 Å². The van der Waals surface area contributed by atoms with Gasteiger partial charge in [-0.1, -0.05) is 61.5 Å². The number of hydrogen-bond acceptors (Lipinski definition) is 2. The maximum Gasteiger partial charge on any atom is 0.410 e. The third kappa shape index (κ3) is 5.07. The first-order valence-corrected chi connectivity index (χ1v) is 15.2. The average molecular weight is 519 g/mol. The topological polar surface area (TPSA) is 34.5 Å². The first-order valence-electron chi connectivity index (χ1n) is 13.4. The molecule has 2 aromatic rings. The zero-order chi connectivity index (χ0) is 27.2. The second-order valence-electron chi connectivity index (χ2n) is 12.2. The molecule has 0 N–H and O–H groups in total. The number of amides is 1. The summed E-state index contributed by atoms with van der Waals surface area (Å²) in [6.07, 6.45) is 4.54. The molecule has 0 radical (unpaired) electrons. The van der Waals surface area contributed by atoms with Gasteiger partial charge in [0.1, 0.15) is 11.4 Å². The molecule has 0 bridgehead atoms. The molecule has 36 heavy (non-hydrogen) atoms. The lowest BCUT2D eigenvalue weighted by atomic mass is 9.95. The number of hydrogen-bond donors (Lipinski definition) is 0. The molecule has 2 heterocycles. The van der Waals surface area contributed by atoms with Gasteiger partial charge in [0.05, 0.1) is 5.52 Å². The van der Waals surface area contributed by atoms with Gasteiger partial charge in [0, 0.05) is 46.0 Å². The minimum absolute atomic E-state index is 0.128. The van der Waals surface area contributed by atoms with E-state index in [9.17, 15) is 4.79 Å². The molecule has 1 aliphatic rings. The molecular formula is C30H47FN2O2S. The van der Waals surface area contributed by atoms with Crippen LogP contribution in [-0.4, -0.2) is 49.4 Å². The summed E-state index contributed by atoms with van der Waals surface area (Å²) < 4.78 is 24.4. The summed E-state index contributed by atoms with van der Waals surface area (Å²) in [4.78, 5) is 14.2. The van der Waals surface area contributed by atoms with Crippen LogP contribution in [0.5, 0.6) is 0 Å². The second-order valence-corrected chi connectivity index (χ2v) is 16.8. The van der Waals surface area contributed by atoms with Crippen molar-refractivity contribution >= 4 is 32.8 Å². The predicted molar refractivity (Wildman–Crippen MR) is 155 cm³/mol. The van der Waals surface area contributed by atoms with E-state index in [-0.39, 0.29) is 17.8 Å². The minimum Gasteiger partial charge on any atom is -0.444 e. The fourth-order valence-corrected chi connectivity index (χ4v) is 11.4. The molecule has 0 unspecified atom stereocenters. The van der Waals surface area contributed by atoms with Crippen LogP contribution in [0.1, 0.15) is 99.6 Å². The molecule has 0 atom stereocenters. The van der Waals surface area contributed by atoms with Crippen molar-refractivity contribution in [2.45, 2.75) is 110 Å². The van der Waals surface area contributed by atoms with E-state index in [0.29, 0.717) is 40.8 Å². The van der Waals surface area contributed by atoms with Crippen molar-refractivity contribution in [1.82, 2.24) is 8.87 Å². The van der Waals surface area contributed by atoms with Crippen LogP contribution in [0.3, 0.4) is 0 Å². The first-order chi connectivity index (χ1) is 16.6. The van der Waals surface area contributed by atoms with Crippen molar-refractivity contribution in [2.24, 2.45) is 0 Å². The van der Waals surface area contributed by atoms with Crippen LogP contribution in [0, 0.1) is 5.82 Å². The van der Waals surface area contributed by atoms with E-state index in [4.69, 9.17) is 4.74 Å². The number of carbonyl (C=O) groups excluding carboxylic acids is 1. The maximum absolute atomic E-state index is 16.4. The minimum atomic E-state index is -1.27. The van der Waals surface area contributed by atoms with E-state index < -0.39 is 15.8 Å². The highest BCUT2D eigenvalue weighted by molar-refractivity contribution is 8.33. The summed E-state index contributed by atoms with van der Waals surface area (Å²) in [5.41, 5.74) is 3.18. The third-order valence-electron chi connectivity index (χ3n) is 7.34. The Hall–Kier alpha value is -1.95. The molecule has 0 aliphatic carbocycles. The number of nitrogens with zero attached hydrogens (tertiary/aromatic N) is 2. The Balaban J connectivity index is 2.12. The highest BCUT2D eigenvalue weighted by Crippen LogP contribution is 2.63. The lowest BCUT2D eigenvalue weighted by molar-refractivity contribution is 0.0270. The lowest BCUT2D eigenvalue weighted by Gasteiger charge is -2.52. The largest absolute Gasteiger partial charge is 0.444 e. The van der Waals surface area contributed by atoms with Gasteiger partial charge < -0.3 is 13.6 Å². The Morgan fingerprint density at radius 2 is 1.58 bits per heavy atom. The molecule has 0 fully saturated rings. The van der Waals surface area contributed by atoms with Gasteiger partial charge in [-0.3, -0.25) is 0 Å². The van der Waals surface area contributed by atoms with Crippen molar-refractivity contribution in [3.63, 3.8) is 0 Å². The molecule has 0 saturated heterocycles. The van der Waals surface area contributed by atoms with E-state index in [1.807, 2.05) is 32.9 Å². The van der Waals surface area contributed by atoms with Crippen molar-refractivity contribution in [3.8, 4) is 0 Å². The van der Waals surface area contributed by atoms with Crippen LogP contribution in [0.2, 0.25) is 0 Å². The van der Waals surface area contributed by atoms with Gasteiger partial charge in [0.15, 0.2) is 0 Å². The number of rotatable bonds is 6. The van der Waals surface area contributed by atoms with Crippen LogP contribution in [0.25, 0.3) is 16.5 Å². The number of ether oxygens (including phenoxy) is 1. The molecule has 1 aliphatic heterocycles. The van der Waals surface area contributed by atoms with E-state index in [2.05, 4.69) is 71.6 Å². The quantitative estimate of drug-likeness (QED) is 0.383. The SMILES string of the molecule is CC(C)c1cn(S(C(C)C)(C(C)C)C(C)C)c2ccc(C3=CCN(C(=O)OC(C)(C)C)CC3)c(F)c12. The van der Waals surface area contributed by atoms with Gasteiger partial charge in [-0.05, 0) is 56.4 Å². The monoisotopic (exact) mass is 518 g/mol. The molecule has 3 rings (SSSR count). The molecular weight excluding hydrogens is 471 g/mol. The molecule has 1 aromatic carbocycles. The number of fused-ring (bicyclic) bond motifs is 1. The number of carbonyl (C=O) groups is 1. The third-order valence-corrected chi connectivity index (χ3v) is 12.9. The van der Waals surface area contributed by atoms with Crippen LogP contribution < -0.4 is 0 Å². The van der Waals surface area contributed by atoms with Crippen molar-refractivity contribution in [2.75, 3.05) is 13.1 Å². The van der Waals surface area contributed by atoms with Crippen LogP contribution in [0.4, 0.5) is 9.18 Å². The summed E-state index contributed by atoms with van der Waals surface area (Å²) in [7, 11) is -1.27. The molecule has 202 valence electrons. The molecule has 6 heteroatoms. The first kappa shape index (κ1) is 28.6. The van der Waals surface area contributed by atoms with Gasteiger partial charge in [-0.25, -0.2) is 9.18 Å². The Kier molecular flexibility index (Phi) is 8.29. The van der Waals surface area contributed by atoms with Crippen LogP contribution in [0.15, 0.2) is 24.4 Å². The fourth-order valence-electron chi connectivity index (χ4n) is 5.95. The Labute approximate surface area is 219 Å².